The molecule has 2 aromatic carbocycles. The van der Waals surface area contributed by atoms with Gasteiger partial charge >= 0.3 is 6.18 Å². The number of carbonyl (C=O) groups excluding carboxylic acids is 2. The second-order valence-electron chi connectivity index (χ2n) is 5.95. The van der Waals surface area contributed by atoms with E-state index in [0.29, 0.717) is 0 Å². The largest absolute Gasteiger partial charge is 0.418 e. The molecule has 0 fully saturated rings. The Morgan fingerprint density at radius 3 is 2.23 bits per heavy atom. The topological polar surface area (TPSA) is 49.4 Å². The van der Waals surface area contributed by atoms with E-state index in [9.17, 15) is 22.8 Å². The van der Waals surface area contributed by atoms with Crippen molar-refractivity contribution >= 4 is 17.5 Å². The predicted molar refractivity (Wildman–Crippen MR) is 92.3 cm³/mol. The summed E-state index contributed by atoms with van der Waals surface area (Å²) in [4.78, 5) is 25.2. The van der Waals surface area contributed by atoms with E-state index in [1.165, 1.54) is 30.0 Å². The fourth-order valence-electron chi connectivity index (χ4n) is 2.39. The highest BCUT2D eigenvalue weighted by atomic mass is 19.4. The minimum absolute atomic E-state index is 0.198. The summed E-state index contributed by atoms with van der Waals surface area (Å²) in [5, 5.41) is 2.24. The number of halogens is 3. The van der Waals surface area contributed by atoms with Gasteiger partial charge in [0.1, 0.15) is 6.54 Å². The van der Waals surface area contributed by atoms with Gasteiger partial charge in [0, 0.05) is 13.5 Å². The van der Waals surface area contributed by atoms with Gasteiger partial charge in [0.05, 0.1) is 11.3 Å². The van der Waals surface area contributed by atoms with Crippen LogP contribution in [0.4, 0.5) is 18.9 Å². The highest BCUT2D eigenvalue weighted by Crippen LogP contribution is 2.34. The van der Waals surface area contributed by atoms with Crippen LogP contribution in [0.2, 0.25) is 0 Å². The summed E-state index contributed by atoms with van der Waals surface area (Å²) in [5.74, 6) is -1.03. The lowest BCUT2D eigenvalue weighted by Crippen LogP contribution is -2.36. The van der Waals surface area contributed by atoms with Crippen molar-refractivity contribution in [3.63, 3.8) is 0 Å². The molecule has 0 saturated heterocycles. The summed E-state index contributed by atoms with van der Waals surface area (Å²) in [6.07, 6.45) is -4.58. The van der Waals surface area contributed by atoms with E-state index in [1.54, 1.807) is 0 Å². The molecule has 2 rings (SSSR count). The quantitative estimate of drug-likeness (QED) is 0.872. The number of rotatable bonds is 5. The van der Waals surface area contributed by atoms with Gasteiger partial charge < -0.3 is 10.2 Å². The third-order valence-corrected chi connectivity index (χ3v) is 3.78. The Hall–Kier alpha value is -2.83. The maximum absolute atomic E-state index is 13.0. The molecule has 0 aliphatic carbocycles. The minimum atomic E-state index is -4.58. The summed E-state index contributed by atoms with van der Waals surface area (Å²) >= 11 is 0. The van der Waals surface area contributed by atoms with Crippen LogP contribution in [0, 0.1) is 6.92 Å². The number of para-hydroxylation sites is 1. The molecule has 0 aromatic heterocycles. The molecule has 0 aliphatic heterocycles. The molecule has 0 spiro atoms. The van der Waals surface area contributed by atoms with Crippen molar-refractivity contribution in [2.45, 2.75) is 26.6 Å². The molecule has 0 atom stereocenters. The van der Waals surface area contributed by atoms with Crippen molar-refractivity contribution in [3.8, 4) is 0 Å². The average molecular weight is 364 g/mol. The second kappa shape index (κ2) is 8.03. The van der Waals surface area contributed by atoms with E-state index < -0.39 is 17.6 Å². The van der Waals surface area contributed by atoms with Gasteiger partial charge in [-0.3, -0.25) is 9.59 Å². The average Bonchev–Trinajstić information content (AvgIpc) is 2.55. The van der Waals surface area contributed by atoms with Crippen LogP contribution in [0.3, 0.4) is 0 Å². The molecular weight excluding hydrogens is 345 g/mol. The molecular formula is C19H19F3N2O2. The zero-order valence-electron chi connectivity index (χ0n) is 14.4. The lowest BCUT2D eigenvalue weighted by molar-refractivity contribution is -0.137. The molecule has 0 bridgehead atoms. The fraction of sp³-hybridized carbons (Fsp3) is 0.263. The zero-order chi connectivity index (χ0) is 19.3. The van der Waals surface area contributed by atoms with Crippen molar-refractivity contribution in [3.05, 3.63) is 65.2 Å². The van der Waals surface area contributed by atoms with Gasteiger partial charge in [-0.2, -0.15) is 13.2 Å². The van der Waals surface area contributed by atoms with E-state index >= 15 is 0 Å². The van der Waals surface area contributed by atoms with Crippen molar-refractivity contribution in [1.82, 2.24) is 4.90 Å². The van der Waals surface area contributed by atoms with E-state index in [4.69, 9.17) is 0 Å². The van der Waals surface area contributed by atoms with E-state index in [1.807, 2.05) is 31.2 Å². The summed E-state index contributed by atoms with van der Waals surface area (Å²) in [7, 11) is 0. The zero-order valence-corrected chi connectivity index (χ0v) is 14.4. The highest BCUT2D eigenvalue weighted by molar-refractivity contribution is 5.95. The van der Waals surface area contributed by atoms with Gasteiger partial charge in [-0.25, -0.2) is 0 Å². The lowest BCUT2D eigenvalue weighted by atomic mass is 10.1. The second-order valence-corrected chi connectivity index (χ2v) is 5.95. The number of nitrogens with zero attached hydrogens (tertiary/aromatic N) is 1. The first-order chi connectivity index (χ1) is 12.2. The fourth-order valence-corrected chi connectivity index (χ4v) is 2.39. The normalized spacial score (nSPS) is 11.1. The number of nitrogens with one attached hydrogen (secondary N) is 1. The highest BCUT2D eigenvalue weighted by Gasteiger charge is 2.33. The van der Waals surface area contributed by atoms with Crippen LogP contribution < -0.4 is 5.32 Å². The summed E-state index contributed by atoms with van der Waals surface area (Å²) in [6, 6.07) is 12.2. The number of carbonyl (C=O) groups is 2. The van der Waals surface area contributed by atoms with Crippen molar-refractivity contribution in [1.29, 1.82) is 0 Å². The summed E-state index contributed by atoms with van der Waals surface area (Å²) in [6.45, 7) is 3.10. The number of anilines is 1. The molecule has 1 N–H and O–H groups in total. The van der Waals surface area contributed by atoms with Gasteiger partial charge in [-0.1, -0.05) is 42.0 Å². The van der Waals surface area contributed by atoms with Crippen LogP contribution in [0.25, 0.3) is 0 Å². The van der Waals surface area contributed by atoms with Crippen molar-refractivity contribution in [2.24, 2.45) is 0 Å². The van der Waals surface area contributed by atoms with Crippen LogP contribution in [-0.2, 0) is 22.3 Å². The number of amides is 2. The molecule has 2 aromatic rings. The maximum atomic E-state index is 13.0. The summed E-state index contributed by atoms with van der Waals surface area (Å²) < 4.78 is 39.0. The molecule has 0 saturated carbocycles. The molecule has 26 heavy (non-hydrogen) atoms. The van der Waals surface area contributed by atoms with Crippen molar-refractivity contribution < 1.29 is 22.8 Å². The van der Waals surface area contributed by atoms with Crippen LogP contribution in [0.15, 0.2) is 48.5 Å². The molecule has 138 valence electrons. The predicted octanol–water partition coefficient (Wildman–Crippen LogP) is 4.00. The molecule has 0 radical (unpaired) electrons. The standard InChI is InChI=1S/C19H19F3N2O2/c1-13-7-9-15(10-8-13)11-24(14(2)25)12-18(26)23-17-6-4-3-5-16(17)19(20,21)22/h3-10H,11-12H2,1-2H3,(H,23,26). The Morgan fingerprint density at radius 2 is 1.65 bits per heavy atom. The van der Waals surface area contributed by atoms with E-state index in [2.05, 4.69) is 5.32 Å². The van der Waals surface area contributed by atoms with Gasteiger partial charge in [0.25, 0.3) is 0 Å². The monoisotopic (exact) mass is 364 g/mol. The minimum Gasteiger partial charge on any atom is -0.329 e. The number of benzene rings is 2. The van der Waals surface area contributed by atoms with Gasteiger partial charge in [-0.05, 0) is 24.6 Å². The number of hydrogen-bond acceptors (Lipinski definition) is 2. The Morgan fingerprint density at radius 1 is 1.04 bits per heavy atom. The van der Waals surface area contributed by atoms with E-state index in [-0.39, 0.29) is 24.7 Å². The molecule has 7 heteroatoms. The van der Waals surface area contributed by atoms with Crippen LogP contribution in [0.1, 0.15) is 23.6 Å². The Kier molecular flexibility index (Phi) is 6.02. The number of aryl methyl sites for hydroxylation is 1. The smallest absolute Gasteiger partial charge is 0.329 e. The molecule has 0 aliphatic rings. The molecule has 0 unspecified atom stereocenters. The van der Waals surface area contributed by atoms with Gasteiger partial charge in [-0.15, -0.1) is 0 Å². The maximum Gasteiger partial charge on any atom is 0.418 e. The van der Waals surface area contributed by atoms with E-state index in [0.717, 1.165) is 17.2 Å². The first-order valence-corrected chi connectivity index (χ1v) is 7.94. The Labute approximate surface area is 149 Å². The first-order valence-electron chi connectivity index (χ1n) is 7.94. The van der Waals surface area contributed by atoms with Crippen molar-refractivity contribution in [2.75, 3.05) is 11.9 Å². The number of alkyl halides is 3. The third-order valence-electron chi connectivity index (χ3n) is 3.78. The molecule has 0 heterocycles. The first kappa shape index (κ1) is 19.5. The third kappa shape index (κ3) is 5.34. The van der Waals surface area contributed by atoms with Gasteiger partial charge in [0.15, 0.2) is 0 Å². The van der Waals surface area contributed by atoms with Gasteiger partial charge in [0.2, 0.25) is 11.8 Å². The Balaban J connectivity index is 2.09. The summed E-state index contributed by atoms with van der Waals surface area (Å²) in [5.41, 5.74) is 0.629. The van der Waals surface area contributed by atoms with Crippen LogP contribution >= 0.6 is 0 Å². The Bertz CT molecular complexity index is 786. The molecule has 4 nitrogen and oxygen atoms in total. The van der Waals surface area contributed by atoms with Crippen LogP contribution in [0.5, 0.6) is 0 Å². The lowest BCUT2D eigenvalue weighted by Gasteiger charge is -2.21. The molecule has 2 amide bonds. The number of hydrogen-bond donors (Lipinski definition) is 1. The van der Waals surface area contributed by atoms with Crippen LogP contribution in [-0.4, -0.2) is 23.3 Å². The SMILES string of the molecule is CC(=O)N(CC(=O)Nc1ccccc1C(F)(F)F)Cc1ccc(C)cc1.